The fourth-order valence-corrected chi connectivity index (χ4v) is 3.96. The van der Waals surface area contributed by atoms with Crippen LogP contribution in [0.25, 0.3) is 21.3 Å². The molecular weight excluding hydrogens is 372 g/mol. The van der Waals surface area contributed by atoms with E-state index in [0.29, 0.717) is 25.0 Å². The van der Waals surface area contributed by atoms with E-state index < -0.39 is 0 Å². The predicted octanol–water partition coefficient (Wildman–Crippen LogP) is 4.60. The summed E-state index contributed by atoms with van der Waals surface area (Å²) >= 11 is 1.50. The Kier molecular flexibility index (Phi) is 5.39. The van der Waals surface area contributed by atoms with E-state index in [0.717, 1.165) is 27.5 Å². The van der Waals surface area contributed by atoms with Crippen molar-refractivity contribution in [3.05, 3.63) is 76.7 Å². The van der Waals surface area contributed by atoms with Crippen LogP contribution < -0.4 is 15.0 Å². The third-order valence-corrected chi connectivity index (χ3v) is 5.40. The van der Waals surface area contributed by atoms with Gasteiger partial charge in [0.05, 0.1) is 25.4 Å². The van der Waals surface area contributed by atoms with Gasteiger partial charge in [-0.3, -0.25) is 9.36 Å². The van der Waals surface area contributed by atoms with Crippen molar-refractivity contribution in [2.24, 2.45) is 0 Å². The highest BCUT2D eigenvalue weighted by Gasteiger charge is 2.13. The highest BCUT2D eigenvalue weighted by atomic mass is 32.1. The number of aromatic nitrogens is 2. The minimum atomic E-state index is -0.00505. The largest absolute Gasteiger partial charge is 0.497 e. The van der Waals surface area contributed by atoms with Crippen LogP contribution in [0.5, 0.6) is 11.5 Å². The van der Waals surface area contributed by atoms with Gasteiger partial charge in [0.15, 0.2) is 0 Å². The van der Waals surface area contributed by atoms with Gasteiger partial charge in [-0.2, -0.15) is 0 Å². The normalized spacial score (nSPS) is 10.9. The highest BCUT2D eigenvalue weighted by Crippen LogP contribution is 2.30. The average molecular weight is 392 g/mol. The summed E-state index contributed by atoms with van der Waals surface area (Å²) in [5.74, 6) is 1.58. The fourth-order valence-electron chi connectivity index (χ4n) is 3.05. The molecule has 0 N–H and O–H groups in total. The van der Waals surface area contributed by atoms with Gasteiger partial charge < -0.3 is 9.47 Å². The van der Waals surface area contributed by atoms with E-state index in [9.17, 15) is 4.79 Å². The van der Waals surface area contributed by atoms with Crippen molar-refractivity contribution >= 4 is 21.6 Å². The van der Waals surface area contributed by atoms with Crippen LogP contribution in [0, 0.1) is 0 Å². The number of methoxy groups -OCH3 is 1. The molecule has 6 heteroatoms. The number of hydrogen-bond donors (Lipinski definition) is 0. The Labute approximate surface area is 166 Å². The van der Waals surface area contributed by atoms with Crippen molar-refractivity contribution in [2.45, 2.75) is 13.0 Å². The van der Waals surface area contributed by atoms with Crippen LogP contribution in [0.3, 0.4) is 0 Å². The number of benzene rings is 2. The molecule has 0 unspecified atom stereocenters. The molecule has 2 heterocycles. The smallest absolute Gasteiger partial charge is 0.262 e. The molecule has 0 radical (unpaired) electrons. The van der Waals surface area contributed by atoms with Crippen molar-refractivity contribution in [3.63, 3.8) is 0 Å². The van der Waals surface area contributed by atoms with Gasteiger partial charge in [-0.25, -0.2) is 4.98 Å². The number of aryl methyl sites for hydroxylation is 1. The first kappa shape index (κ1) is 18.3. The Balaban J connectivity index is 1.47. The van der Waals surface area contributed by atoms with Gasteiger partial charge in [-0.15, -0.1) is 11.3 Å². The first-order chi connectivity index (χ1) is 13.8. The second-order valence-electron chi connectivity index (χ2n) is 6.32. The molecule has 0 bridgehead atoms. The lowest BCUT2D eigenvalue weighted by Crippen LogP contribution is -2.21. The van der Waals surface area contributed by atoms with E-state index in [1.54, 1.807) is 18.0 Å². The molecule has 2 aromatic carbocycles. The summed E-state index contributed by atoms with van der Waals surface area (Å²) in [6, 6.07) is 17.4. The number of thiophene rings is 1. The highest BCUT2D eigenvalue weighted by molar-refractivity contribution is 7.17. The summed E-state index contributed by atoms with van der Waals surface area (Å²) in [4.78, 5) is 18.2. The molecule has 0 saturated carbocycles. The van der Waals surface area contributed by atoms with Crippen molar-refractivity contribution in [1.29, 1.82) is 0 Å². The molecule has 0 spiro atoms. The summed E-state index contributed by atoms with van der Waals surface area (Å²) < 4.78 is 12.5. The van der Waals surface area contributed by atoms with Crippen molar-refractivity contribution in [3.8, 4) is 22.6 Å². The van der Waals surface area contributed by atoms with E-state index >= 15 is 0 Å². The van der Waals surface area contributed by atoms with Crippen LogP contribution in [-0.4, -0.2) is 23.3 Å². The topological polar surface area (TPSA) is 53.4 Å². The molecule has 0 aliphatic rings. The molecular formula is C22H20N2O3S. The minimum Gasteiger partial charge on any atom is -0.497 e. The third kappa shape index (κ3) is 3.77. The first-order valence-corrected chi connectivity index (χ1v) is 9.93. The molecule has 0 amide bonds. The fraction of sp³-hybridized carbons (Fsp3) is 0.182. The molecule has 0 aliphatic heterocycles. The monoisotopic (exact) mass is 392 g/mol. The van der Waals surface area contributed by atoms with Crippen LogP contribution in [0.1, 0.15) is 6.42 Å². The molecule has 4 rings (SSSR count). The summed E-state index contributed by atoms with van der Waals surface area (Å²) in [7, 11) is 1.63. The zero-order valence-corrected chi connectivity index (χ0v) is 16.3. The van der Waals surface area contributed by atoms with Crippen LogP contribution in [0.15, 0.2) is 71.1 Å². The Hall–Kier alpha value is -3.12. The molecule has 0 atom stereocenters. The molecule has 2 aromatic heterocycles. The van der Waals surface area contributed by atoms with E-state index in [4.69, 9.17) is 9.47 Å². The standard InChI is InChI=1S/C22H20N2O3S/c1-26-17-8-10-18(11-9-17)27-13-5-12-24-15-23-21-20(22(24)25)19(14-28-21)16-6-3-2-4-7-16/h2-4,6-11,14-15H,5,12-13H2,1H3. The zero-order chi connectivity index (χ0) is 19.3. The summed E-state index contributed by atoms with van der Waals surface area (Å²) in [5.41, 5.74) is 1.98. The molecule has 0 saturated heterocycles. The summed E-state index contributed by atoms with van der Waals surface area (Å²) in [6.45, 7) is 1.08. The van der Waals surface area contributed by atoms with Gasteiger partial charge in [0.1, 0.15) is 16.3 Å². The van der Waals surface area contributed by atoms with Crippen LogP contribution in [-0.2, 0) is 6.54 Å². The number of nitrogens with zero attached hydrogens (tertiary/aromatic N) is 2. The minimum absolute atomic E-state index is 0.00505. The zero-order valence-electron chi connectivity index (χ0n) is 15.5. The van der Waals surface area contributed by atoms with Crippen LogP contribution in [0.4, 0.5) is 0 Å². The molecule has 5 nitrogen and oxygen atoms in total. The average Bonchev–Trinajstić information content (AvgIpc) is 3.19. The number of hydrogen-bond acceptors (Lipinski definition) is 5. The SMILES string of the molecule is COc1ccc(OCCCn2cnc3scc(-c4ccccc4)c3c2=O)cc1. The van der Waals surface area contributed by atoms with Gasteiger partial charge in [-0.05, 0) is 36.2 Å². The van der Waals surface area contributed by atoms with Gasteiger partial charge in [0, 0.05) is 17.5 Å². The predicted molar refractivity (Wildman–Crippen MR) is 112 cm³/mol. The van der Waals surface area contributed by atoms with Gasteiger partial charge in [0.25, 0.3) is 5.56 Å². The Bertz CT molecular complexity index is 1120. The van der Waals surface area contributed by atoms with Crippen molar-refractivity contribution in [1.82, 2.24) is 9.55 Å². The van der Waals surface area contributed by atoms with E-state index in [1.165, 1.54) is 11.3 Å². The number of rotatable bonds is 7. The quantitative estimate of drug-likeness (QED) is 0.431. The van der Waals surface area contributed by atoms with Crippen LogP contribution in [0.2, 0.25) is 0 Å². The Morgan fingerprint density at radius 2 is 1.79 bits per heavy atom. The summed E-state index contributed by atoms with van der Waals surface area (Å²) in [6.07, 6.45) is 2.34. The van der Waals surface area contributed by atoms with E-state index in [-0.39, 0.29) is 5.56 Å². The van der Waals surface area contributed by atoms with Crippen LogP contribution >= 0.6 is 11.3 Å². The number of ether oxygens (including phenoxy) is 2. The lowest BCUT2D eigenvalue weighted by atomic mass is 10.1. The number of fused-ring (bicyclic) bond motifs is 1. The van der Waals surface area contributed by atoms with E-state index in [2.05, 4.69) is 4.98 Å². The van der Waals surface area contributed by atoms with Gasteiger partial charge in [0.2, 0.25) is 0 Å². The van der Waals surface area contributed by atoms with E-state index in [1.807, 2.05) is 60.0 Å². The maximum atomic E-state index is 13.0. The Morgan fingerprint density at radius 3 is 2.54 bits per heavy atom. The third-order valence-electron chi connectivity index (χ3n) is 4.52. The second-order valence-corrected chi connectivity index (χ2v) is 7.17. The maximum absolute atomic E-state index is 13.0. The lowest BCUT2D eigenvalue weighted by Gasteiger charge is -2.09. The second kappa shape index (κ2) is 8.27. The summed E-state index contributed by atoms with van der Waals surface area (Å²) in [5, 5.41) is 2.70. The molecule has 4 aromatic rings. The Morgan fingerprint density at radius 1 is 1.04 bits per heavy atom. The lowest BCUT2D eigenvalue weighted by molar-refractivity contribution is 0.300. The first-order valence-electron chi connectivity index (χ1n) is 9.05. The molecule has 28 heavy (non-hydrogen) atoms. The van der Waals surface area contributed by atoms with Crippen molar-refractivity contribution < 1.29 is 9.47 Å². The maximum Gasteiger partial charge on any atom is 0.262 e. The molecule has 0 fully saturated rings. The van der Waals surface area contributed by atoms with Gasteiger partial charge in [-0.1, -0.05) is 30.3 Å². The van der Waals surface area contributed by atoms with Gasteiger partial charge >= 0.3 is 0 Å². The molecule has 142 valence electrons. The van der Waals surface area contributed by atoms with Crippen molar-refractivity contribution in [2.75, 3.05) is 13.7 Å². The molecule has 0 aliphatic carbocycles.